The predicted octanol–water partition coefficient (Wildman–Crippen LogP) is 5.23. The van der Waals surface area contributed by atoms with Gasteiger partial charge in [-0.3, -0.25) is 0 Å². The van der Waals surface area contributed by atoms with Crippen LogP contribution in [0.1, 0.15) is 10.4 Å². The molecule has 122 valence electrons. The van der Waals surface area contributed by atoms with E-state index in [1.807, 2.05) is 24.3 Å². The zero-order chi connectivity index (χ0) is 17.4. The molecule has 3 rings (SSSR count). The summed E-state index contributed by atoms with van der Waals surface area (Å²) in [5, 5.41) is 21.0. The average molecular weight is 363 g/mol. The molecule has 0 unspecified atom stereocenters. The number of aromatic hydroxyl groups is 1. The van der Waals surface area contributed by atoms with E-state index >= 15 is 0 Å². The van der Waals surface area contributed by atoms with Gasteiger partial charge in [0.25, 0.3) is 0 Å². The Kier molecular flexibility index (Phi) is 4.26. The molecule has 0 spiro atoms. The molecule has 0 aliphatic carbocycles. The molecule has 0 radical (unpaired) electrons. The lowest BCUT2D eigenvalue weighted by Gasteiger charge is -2.13. The summed E-state index contributed by atoms with van der Waals surface area (Å²) < 4.78 is 5.19. The maximum absolute atomic E-state index is 11.5. The van der Waals surface area contributed by atoms with Gasteiger partial charge in [-0.15, -0.1) is 0 Å². The molecule has 4 nitrogen and oxygen atoms in total. The van der Waals surface area contributed by atoms with Crippen LogP contribution in [-0.2, 0) is 0 Å². The molecular formula is C18H12Cl2O4. The lowest BCUT2D eigenvalue weighted by atomic mass is 9.96. The topological polar surface area (TPSA) is 66.8 Å². The molecule has 2 N–H and O–H groups in total. The molecule has 6 heteroatoms. The Balaban J connectivity index is 2.27. The number of hydrogen-bond donors (Lipinski definition) is 2. The van der Waals surface area contributed by atoms with Gasteiger partial charge in [-0.2, -0.15) is 0 Å². The highest BCUT2D eigenvalue weighted by Gasteiger charge is 2.21. The van der Waals surface area contributed by atoms with Crippen molar-refractivity contribution in [1.29, 1.82) is 0 Å². The van der Waals surface area contributed by atoms with Crippen molar-refractivity contribution in [2.45, 2.75) is 0 Å². The number of rotatable bonds is 3. The molecule has 0 amide bonds. The van der Waals surface area contributed by atoms with E-state index in [0.717, 1.165) is 16.5 Å². The van der Waals surface area contributed by atoms with Crippen LogP contribution >= 0.6 is 23.2 Å². The molecule has 0 aliphatic rings. The predicted molar refractivity (Wildman–Crippen MR) is 94.6 cm³/mol. The molecule has 0 saturated heterocycles. The van der Waals surface area contributed by atoms with Gasteiger partial charge in [0.05, 0.1) is 22.7 Å². The highest BCUT2D eigenvalue weighted by atomic mass is 35.5. The van der Waals surface area contributed by atoms with E-state index in [9.17, 15) is 15.0 Å². The molecular weight excluding hydrogens is 351 g/mol. The van der Waals surface area contributed by atoms with Crippen LogP contribution in [-0.4, -0.2) is 23.3 Å². The first-order valence-electron chi connectivity index (χ1n) is 6.95. The van der Waals surface area contributed by atoms with Crippen molar-refractivity contribution in [3.05, 3.63) is 58.1 Å². The minimum Gasteiger partial charge on any atom is -0.505 e. The van der Waals surface area contributed by atoms with Gasteiger partial charge in [0.1, 0.15) is 5.75 Å². The molecule has 0 fully saturated rings. The Labute approximate surface area is 147 Å². The molecule has 0 saturated carbocycles. The van der Waals surface area contributed by atoms with Gasteiger partial charge in [-0.05, 0) is 40.6 Å². The number of phenolic OH excluding ortho intramolecular Hbond substituents is 1. The third-order valence-electron chi connectivity index (χ3n) is 3.76. The van der Waals surface area contributed by atoms with Crippen LogP contribution in [0.25, 0.3) is 21.9 Å². The molecule has 0 bridgehead atoms. The lowest BCUT2D eigenvalue weighted by molar-refractivity contribution is 0.0697. The number of carbonyl (C=O) groups is 1. The smallest absolute Gasteiger partial charge is 0.336 e. The number of hydrogen-bond acceptors (Lipinski definition) is 3. The maximum Gasteiger partial charge on any atom is 0.336 e. The third-order valence-corrected chi connectivity index (χ3v) is 4.42. The van der Waals surface area contributed by atoms with Gasteiger partial charge >= 0.3 is 5.97 Å². The number of carboxylic acid groups (broad SMARTS) is 1. The van der Waals surface area contributed by atoms with Crippen molar-refractivity contribution >= 4 is 39.9 Å². The number of aromatic carboxylic acids is 1. The summed E-state index contributed by atoms with van der Waals surface area (Å²) in [4.78, 5) is 11.5. The van der Waals surface area contributed by atoms with Crippen molar-refractivity contribution < 1.29 is 19.7 Å². The van der Waals surface area contributed by atoms with E-state index in [1.54, 1.807) is 19.2 Å². The first-order valence-corrected chi connectivity index (χ1v) is 7.70. The fourth-order valence-corrected chi connectivity index (χ4v) is 3.13. The van der Waals surface area contributed by atoms with Crippen LogP contribution < -0.4 is 4.74 Å². The number of carboxylic acids is 1. The summed E-state index contributed by atoms with van der Waals surface area (Å²) in [6.45, 7) is 0. The first kappa shape index (κ1) is 16.4. The van der Waals surface area contributed by atoms with Gasteiger partial charge in [-0.25, -0.2) is 4.79 Å². The van der Waals surface area contributed by atoms with E-state index in [4.69, 9.17) is 27.9 Å². The summed E-state index contributed by atoms with van der Waals surface area (Å²) in [5.41, 5.74) is 0.724. The lowest BCUT2D eigenvalue weighted by Crippen LogP contribution is -2.01. The monoisotopic (exact) mass is 362 g/mol. The first-order chi connectivity index (χ1) is 11.4. The van der Waals surface area contributed by atoms with Crippen molar-refractivity contribution in [2.75, 3.05) is 7.11 Å². The number of phenols is 1. The molecule has 0 heterocycles. The number of fused-ring (bicyclic) bond motifs is 1. The quantitative estimate of drug-likeness (QED) is 0.669. The van der Waals surface area contributed by atoms with E-state index in [2.05, 4.69) is 0 Å². The second-order valence-corrected chi connectivity index (χ2v) is 5.96. The molecule has 3 aromatic carbocycles. The van der Waals surface area contributed by atoms with E-state index < -0.39 is 5.97 Å². The van der Waals surface area contributed by atoms with Crippen LogP contribution in [0.4, 0.5) is 0 Å². The second-order valence-electron chi connectivity index (χ2n) is 5.18. The van der Waals surface area contributed by atoms with Gasteiger partial charge in [0.2, 0.25) is 0 Å². The van der Waals surface area contributed by atoms with Gasteiger partial charge < -0.3 is 14.9 Å². The summed E-state index contributed by atoms with van der Waals surface area (Å²) >= 11 is 12.0. The zero-order valence-electron chi connectivity index (χ0n) is 12.5. The normalized spacial score (nSPS) is 10.8. The maximum atomic E-state index is 11.5. The SMILES string of the molecule is COc1ccc2cc(-c3c(C(=O)O)cc(Cl)c(O)c3Cl)ccc2c1. The Bertz CT molecular complexity index is 967. The van der Waals surface area contributed by atoms with Crippen molar-refractivity contribution in [3.8, 4) is 22.6 Å². The summed E-state index contributed by atoms with van der Waals surface area (Å²) in [6.07, 6.45) is 0. The number of ether oxygens (including phenoxy) is 1. The van der Waals surface area contributed by atoms with Gasteiger partial charge in [0.15, 0.2) is 5.75 Å². The highest BCUT2D eigenvalue weighted by Crippen LogP contribution is 2.42. The average Bonchev–Trinajstić information content (AvgIpc) is 2.58. The molecule has 0 aromatic heterocycles. The fraction of sp³-hybridized carbons (Fsp3) is 0.0556. The van der Waals surface area contributed by atoms with Crippen LogP contribution in [0.5, 0.6) is 11.5 Å². The summed E-state index contributed by atoms with van der Waals surface area (Å²) in [5.74, 6) is -0.791. The molecule has 3 aromatic rings. The Hall–Kier alpha value is -2.43. The van der Waals surface area contributed by atoms with Crippen LogP contribution in [0.3, 0.4) is 0 Å². The molecule has 0 aliphatic heterocycles. The summed E-state index contributed by atoms with van der Waals surface area (Å²) in [7, 11) is 1.59. The minimum atomic E-state index is -1.18. The standard InChI is InChI=1S/C18H12Cl2O4/c1-24-12-5-4-9-6-11(3-2-10(9)7-12)15-13(18(22)23)8-14(19)17(21)16(15)20/h2-8,21H,1H3,(H,22,23). The number of halogens is 2. The van der Waals surface area contributed by atoms with E-state index in [1.165, 1.54) is 6.07 Å². The Morgan fingerprint density at radius 1 is 1.04 bits per heavy atom. The van der Waals surface area contributed by atoms with Crippen LogP contribution in [0.15, 0.2) is 42.5 Å². The number of benzene rings is 3. The second kappa shape index (κ2) is 6.23. The molecule has 24 heavy (non-hydrogen) atoms. The molecule has 0 atom stereocenters. The van der Waals surface area contributed by atoms with Gasteiger partial charge in [0, 0.05) is 5.56 Å². The largest absolute Gasteiger partial charge is 0.505 e. The van der Waals surface area contributed by atoms with E-state index in [-0.39, 0.29) is 26.9 Å². The van der Waals surface area contributed by atoms with Gasteiger partial charge in [-0.1, -0.05) is 41.4 Å². The van der Waals surface area contributed by atoms with E-state index in [0.29, 0.717) is 5.56 Å². The zero-order valence-corrected chi connectivity index (χ0v) is 14.0. The fourth-order valence-electron chi connectivity index (χ4n) is 2.57. The highest BCUT2D eigenvalue weighted by molar-refractivity contribution is 6.40. The van der Waals surface area contributed by atoms with Crippen LogP contribution in [0, 0.1) is 0 Å². The Morgan fingerprint density at radius 3 is 2.38 bits per heavy atom. The minimum absolute atomic E-state index is 0.0735. The third kappa shape index (κ3) is 2.75. The van der Waals surface area contributed by atoms with Crippen molar-refractivity contribution in [3.63, 3.8) is 0 Å². The van der Waals surface area contributed by atoms with Crippen molar-refractivity contribution in [2.24, 2.45) is 0 Å². The summed E-state index contributed by atoms with van der Waals surface area (Å²) in [6, 6.07) is 12.1. The van der Waals surface area contributed by atoms with Crippen molar-refractivity contribution in [1.82, 2.24) is 0 Å². The number of methoxy groups -OCH3 is 1. The Morgan fingerprint density at radius 2 is 1.71 bits per heavy atom. The van der Waals surface area contributed by atoms with Crippen LogP contribution in [0.2, 0.25) is 10.0 Å².